The third-order valence-corrected chi connectivity index (χ3v) is 8.95. The van der Waals surface area contributed by atoms with Gasteiger partial charge in [0, 0.05) is 31.0 Å². The third-order valence-electron chi connectivity index (χ3n) is 7.06. The van der Waals surface area contributed by atoms with E-state index in [-0.39, 0.29) is 17.9 Å². The van der Waals surface area contributed by atoms with Crippen molar-refractivity contribution in [3.05, 3.63) is 59.2 Å². The first-order chi connectivity index (χ1) is 15.5. The molecule has 1 amide bonds. The number of nitrogens with zero attached hydrogens (tertiary/aromatic N) is 1. The summed E-state index contributed by atoms with van der Waals surface area (Å²) in [4.78, 5) is 13.3. The zero-order valence-electron chi connectivity index (χ0n) is 18.3. The van der Waals surface area contributed by atoms with Gasteiger partial charge in [-0.25, -0.2) is 8.42 Å². The van der Waals surface area contributed by atoms with Gasteiger partial charge >= 0.3 is 0 Å². The molecule has 6 nitrogen and oxygen atoms in total. The average molecular weight is 455 g/mol. The van der Waals surface area contributed by atoms with Gasteiger partial charge in [-0.2, -0.15) is 4.31 Å². The van der Waals surface area contributed by atoms with Gasteiger partial charge in [-0.3, -0.25) is 4.79 Å². The zero-order chi connectivity index (χ0) is 22.1. The Morgan fingerprint density at radius 3 is 2.53 bits per heavy atom. The van der Waals surface area contributed by atoms with Gasteiger partial charge in [0.05, 0.1) is 17.5 Å². The SMILES string of the molecule is O=C(N[C@@H]1CCOc2ccccc21)C1CCN(S(=O)(=O)c2ccc3c(c2)CCCC3)CC1. The minimum absolute atomic E-state index is 0.0116. The molecule has 1 N–H and O–H groups in total. The third kappa shape index (κ3) is 4.16. The average Bonchev–Trinajstić information content (AvgIpc) is 2.84. The van der Waals surface area contributed by atoms with Crippen LogP contribution >= 0.6 is 0 Å². The summed E-state index contributed by atoms with van der Waals surface area (Å²) < 4.78 is 33.7. The van der Waals surface area contributed by atoms with E-state index in [0.717, 1.165) is 37.0 Å². The first-order valence-corrected chi connectivity index (χ1v) is 13.1. The maximum Gasteiger partial charge on any atom is 0.243 e. The van der Waals surface area contributed by atoms with E-state index in [9.17, 15) is 13.2 Å². The van der Waals surface area contributed by atoms with Crippen LogP contribution in [0.1, 0.15) is 54.8 Å². The topological polar surface area (TPSA) is 75.7 Å². The molecule has 5 rings (SSSR count). The normalized spacial score (nSPS) is 21.8. The van der Waals surface area contributed by atoms with Gasteiger partial charge in [0.2, 0.25) is 15.9 Å². The van der Waals surface area contributed by atoms with Gasteiger partial charge in [0.1, 0.15) is 5.75 Å². The van der Waals surface area contributed by atoms with E-state index in [1.807, 2.05) is 36.4 Å². The maximum atomic E-state index is 13.2. The molecule has 3 aliphatic rings. The number of hydrogen-bond donors (Lipinski definition) is 1. The van der Waals surface area contributed by atoms with E-state index in [0.29, 0.717) is 37.4 Å². The quantitative estimate of drug-likeness (QED) is 0.766. The van der Waals surface area contributed by atoms with E-state index in [1.54, 1.807) is 10.4 Å². The highest BCUT2D eigenvalue weighted by atomic mass is 32.2. The van der Waals surface area contributed by atoms with Crippen molar-refractivity contribution in [2.24, 2.45) is 5.92 Å². The van der Waals surface area contributed by atoms with Crippen molar-refractivity contribution < 1.29 is 17.9 Å². The number of rotatable bonds is 4. The largest absolute Gasteiger partial charge is 0.493 e. The van der Waals surface area contributed by atoms with Crippen LogP contribution in [0.3, 0.4) is 0 Å². The fourth-order valence-corrected chi connectivity index (χ4v) is 6.68. The number of carbonyl (C=O) groups excluding carboxylic acids is 1. The van der Waals surface area contributed by atoms with E-state index < -0.39 is 10.0 Å². The molecule has 2 aromatic rings. The van der Waals surface area contributed by atoms with Crippen LogP contribution in [0.4, 0.5) is 0 Å². The number of amides is 1. The minimum atomic E-state index is -3.53. The number of fused-ring (bicyclic) bond motifs is 2. The molecule has 0 unspecified atom stereocenters. The number of sulfonamides is 1. The summed E-state index contributed by atoms with van der Waals surface area (Å²) >= 11 is 0. The molecule has 7 heteroatoms. The molecule has 1 atom stereocenters. The number of ether oxygens (including phenoxy) is 1. The number of piperidine rings is 1. The van der Waals surface area contributed by atoms with Crippen molar-refractivity contribution in [3.8, 4) is 5.75 Å². The monoisotopic (exact) mass is 454 g/mol. The van der Waals surface area contributed by atoms with Gasteiger partial charge in [-0.1, -0.05) is 24.3 Å². The Bertz CT molecular complexity index is 1110. The number of hydrogen-bond acceptors (Lipinski definition) is 4. The molecule has 0 spiro atoms. The minimum Gasteiger partial charge on any atom is -0.493 e. The fourth-order valence-electron chi connectivity index (χ4n) is 5.16. The van der Waals surface area contributed by atoms with E-state index in [4.69, 9.17) is 4.74 Å². The summed E-state index contributed by atoms with van der Waals surface area (Å²) in [5.74, 6) is 0.674. The van der Waals surface area contributed by atoms with Crippen molar-refractivity contribution in [1.82, 2.24) is 9.62 Å². The van der Waals surface area contributed by atoms with Crippen LogP contribution < -0.4 is 10.1 Å². The molecule has 1 aliphatic carbocycles. The lowest BCUT2D eigenvalue weighted by Gasteiger charge is -2.33. The molecule has 0 saturated carbocycles. The van der Waals surface area contributed by atoms with Gasteiger partial charge in [-0.15, -0.1) is 0 Å². The lowest BCUT2D eigenvalue weighted by molar-refractivity contribution is -0.127. The first kappa shape index (κ1) is 21.5. The van der Waals surface area contributed by atoms with Crippen molar-refractivity contribution >= 4 is 15.9 Å². The van der Waals surface area contributed by atoms with Gasteiger partial charge < -0.3 is 10.1 Å². The predicted molar refractivity (Wildman–Crippen MR) is 122 cm³/mol. The zero-order valence-corrected chi connectivity index (χ0v) is 19.1. The summed E-state index contributed by atoms with van der Waals surface area (Å²) in [5, 5.41) is 3.18. The molecular weight excluding hydrogens is 424 g/mol. The van der Waals surface area contributed by atoms with Crippen molar-refractivity contribution in [3.63, 3.8) is 0 Å². The second-order valence-electron chi connectivity index (χ2n) is 9.05. The van der Waals surface area contributed by atoms with E-state index >= 15 is 0 Å². The van der Waals surface area contributed by atoms with Crippen LogP contribution in [0.15, 0.2) is 47.4 Å². The van der Waals surface area contributed by atoms with Crippen LogP contribution in [-0.4, -0.2) is 38.3 Å². The molecule has 0 radical (unpaired) electrons. The van der Waals surface area contributed by atoms with Gasteiger partial charge in [0.15, 0.2) is 0 Å². The lowest BCUT2D eigenvalue weighted by Crippen LogP contribution is -2.44. The van der Waals surface area contributed by atoms with Crippen molar-refractivity contribution in [2.75, 3.05) is 19.7 Å². The smallest absolute Gasteiger partial charge is 0.243 e. The highest BCUT2D eigenvalue weighted by Crippen LogP contribution is 2.33. The Labute approximate surface area is 190 Å². The molecule has 0 bridgehead atoms. The standard InChI is InChI=1S/C25H30N2O4S/c28-25(26-23-13-16-31-24-8-4-3-7-22(23)24)19-11-14-27(15-12-19)32(29,30)21-10-9-18-5-1-2-6-20(18)17-21/h3-4,7-10,17,19,23H,1-2,5-6,11-16H2,(H,26,28)/t23-/m1/s1. The summed E-state index contributed by atoms with van der Waals surface area (Å²) in [6, 6.07) is 13.4. The molecule has 1 saturated heterocycles. The Morgan fingerprint density at radius 1 is 0.969 bits per heavy atom. The fraction of sp³-hybridized carbons (Fsp3) is 0.480. The van der Waals surface area contributed by atoms with Crippen LogP contribution in [0.25, 0.3) is 0 Å². The molecule has 0 aromatic heterocycles. The summed E-state index contributed by atoms with van der Waals surface area (Å²) in [7, 11) is -3.53. The Kier molecular flexibility index (Phi) is 5.95. The molecule has 170 valence electrons. The predicted octanol–water partition coefficient (Wildman–Crippen LogP) is 3.61. The number of para-hydroxylation sites is 1. The van der Waals surface area contributed by atoms with Gasteiger partial charge in [-0.05, 0) is 67.9 Å². The number of benzene rings is 2. The van der Waals surface area contributed by atoms with E-state index in [2.05, 4.69) is 5.32 Å². The first-order valence-electron chi connectivity index (χ1n) is 11.7. The van der Waals surface area contributed by atoms with Crippen molar-refractivity contribution in [1.29, 1.82) is 0 Å². The highest BCUT2D eigenvalue weighted by Gasteiger charge is 2.34. The van der Waals surface area contributed by atoms with Gasteiger partial charge in [0.25, 0.3) is 0 Å². The molecule has 2 aliphatic heterocycles. The summed E-state index contributed by atoms with van der Waals surface area (Å²) in [6.45, 7) is 1.34. The highest BCUT2D eigenvalue weighted by molar-refractivity contribution is 7.89. The van der Waals surface area contributed by atoms with E-state index in [1.165, 1.54) is 17.5 Å². The molecule has 2 heterocycles. The number of aryl methyl sites for hydroxylation is 2. The molecule has 1 fully saturated rings. The Balaban J connectivity index is 1.22. The van der Waals surface area contributed by atoms with Crippen molar-refractivity contribution in [2.45, 2.75) is 55.9 Å². The second-order valence-corrected chi connectivity index (χ2v) is 11.0. The van der Waals surface area contributed by atoms with Crippen LogP contribution in [0.5, 0.6) is 5.75 Å². The van der Waals surface area contributed by atoms with Crippen LogP contribution in [0, 0.1) is 5.92 Å². The number of nitrogens with one attached hydrogen (secondary N) is 1. The molecule has 2 aromatic carbocycles. The number of carbonyl (C=O) groups is 1. The van der Waals surface area contributed by atoms with Crippen LogP contribution in [-0.2, 0) is 27.7 Å². The lowest BCUT2D eigenvalue weighted by atomic mass is 9.92. The molecular formula is C25H30N2O4S. The maximum absolute atomic E-state index is 13.2. The van der Waals surface area contributed by atoms with Crippen LogP contribution in [0.2, 0.25) is 0 Å². The summed E-state index contributed by atoms with van der Waals surface area (Å²) in [6.07, 6.45) is 6.11. The second kappa shape index (κ2) is 8.87. The summed E-state index contributed by atoms with van der Waals surface area (Å²) in [5.41, 5.74) is 3.46. The Hall–Kier alpha value is -2.38. The molecule has 32 heavy (non-hydrogen) atoms. The Morgan fingerprint density at radius 2 is 1.72 bits per heavy atom.